The number of amides is 4. The van der Waals surface area contributed by atoms with Crippen LogP contribution in [0.2, 0.25) is 0 Å². The van der Waals surface area contributed by atoms with E-state index in [0.717, 1.165) is 76.6 Å². The summed E-state index contributed by atoms with van der Waals surface area (Å²) in [5, 5.41) is 4.47. The van der Waals surface area contributed by atoms with Crippen LogP contribution < -0.4 is 23.7 Å². The van der Waals surface area contributed by atoms with Gasteiger partial charge in [0.25, 0.3) is 23.6 Å². The summed E-state index contributed by atoms with van der Waals surface area (Å²) < 4.78 is 108. The standard InChI is InChI=1S/C77H87N3O16.C36H44O10/c1-74(2,3)53-12-18-56(19-13-53)77(57-20-14-54(15-21-57)75(4,5)6,58-22-16-55(17-23-58)76(7,8)9)59-24-26-60(27-25-59)96-66(82)33-32-65(81)94-49-47-92-45-43-90-41-39-88-37-35-79-69(83)61-28-30-63-68-64(31-29-62(67(61)68)70(79)84)72(86)80(71(63)85)36-38-89-40-42-91-44-46-93-48-50-95-73(87)52-11-10-34-78-51-52;1-5-29-30-6-2-10-34(29)44-26-22-40-18-14-38-16-20-42-24-28-46-36-12-4-7-31-32(36)8-3-11-35(31)45-27-23-41-19-15-37-13-17-39-21-25-43-33(30)9-1/h10-31,34,51H,32-33,35-50H2,1-9H3;1-12H,13-28H2. The summed E-state index contributed by atoms with van der Waals surface area (Å²) in [5.41, 5.74) is 8.27. The van der Waals surface area contributed by atoms with Gasteiger partial charge in [0.2, 0.25) is 0 Å². The van der Waals surface area contributed by atoms with E-state index in [4.69, 9.17) is 90.0 Å². The first kappa shape index (κ1) is 107. The molecule has 14 rings (SSSR count). The Hall–Kier alpha value is -12.5. The molecule has 0 saturated carbocycles. The summed E-state index contributed by atoms with van der Waals surface area (Å²) >= 11 is 0. The first-order chi connectivity index (χ1) is 68.9. The van der Waals surface area contributed by atoms with Crippen LogP contribution in [-0.2, 0) is 97.6 Å². The quantitative estimate of drug-likeness (QED) is 0.0121. The molecule has 0 spiro atoms. The van der Waals surface area contributed by atoms with Crippen LogP contribution in [-0.4, -0.2) is 268 Å². The Morgan fingerprint density at radius 3 is 0.873 bits per heavy atom. The number of esters is 3. The summed E-state index contributed by atoms with van der Waals surface area (Å²) in [5.74, 6) is -0.372. The number of aromatic nitrogens is 1. The van der Waals surface area contributed by atoms with E-state index in [1.165, 1.54) is 47.2 Å². The van der Waals surface area contributed by atoms with Crippen molar-refractivity contribution in [3.63, 3.8) is 0 Å². The van der Waals surface area contributed by atoms with E-state index in [9.17, 15) is 33.6 Å². The number of carbonyl (C=O) groups is 7. The molecule has 142 heavy (non-hydrogen) atoms. The van der Waals surface area contributed by atoms with Crippen molar-refractivity contribution in [1.82, 2.24) is 14.8 Å². The fraction of sp³-hybridized carbons (Fsp3) is 0.416. The van der Waals surface area contributed by atoms with Crippen LogP contribution in [0.15, 0.2) is 219 Å². The van der Waals surface area contributed by atoms with Crippen LogP contribution in [0.3, 0.4) is 0 Å². The highest BCUT2D eigenvalue weighted by atomic mass is 16.6. The van der Waals surface area contributed by atoms with Crippen molar-refractivity contribution in [1.29, 1.82) is 0 Å². The largest absolute Gasteiger partial charge is 0.491 e. The van der Waals surface area contributed by atoms with Crippen LogP contribution in [0.5, 0.6) is 28.7 Å². The number of benzene rings is 10. The highest BCUT2D eigenvalue weighted by Gasteiger charge is 2.42. The fourth-order valence-electron chi connectivity index (χ4n) is 16.6. The molecular formula is C113H131N3O26. The first-order valence-electron chi connectivity index (χ1n) is 48.5. The third kappa shape index (κ3) is 29.6. The van der Waals surface area contributed by atoms with Gasteiger partial charge in [-0.2, -0.15) is 0 Å². The maximum Gasteiger partial charge on any atom is 0.339 e. The van der Waals surface area contributed by atoms with Gasteiger partial charge in [-0.3, -0.25) is 43.6 Å². The number of carbonyl (C=O) groups excluding carboxylic acids is 7. The minimum absolute atomic E-state index is 0.0191. The van der Waals surface area contributed by atoms with E-state index in [-0.39, 0.29) is 168 Å². The fourth-order valence-corrected chi connectivity index (χ4v) is 16.6. The third-order valence-electron chi connectivity index (χ3n) is 24.0. The van der Waals surface area contributed by atoms with Crippen molar-refractivity contribution in [2.45, 2.75) is 96.8 Å². The molecule has 0 fully saturated rings. The van der Waals surface area contributed by atoms with E-state index in [1.807, 2.05) is 97.1 Å². The molecule has 8 bridgehead atoms. The zero-order valence-corrected chi connectivity index (χ0v) is 82.8. The zero-order chi connectivity index (χ0) is 100. The molecule has 0 atom stereocenters. The molecular weight excluding hydrogens is 1820 g/mol. The summed E-state index contributed by atoms with van der Waals surface area (Å²) in [7, 11) is 0. The van der Waals surface area contributed by atoms with E-state index in [1.54, 1.807) is 18.3 Å². The van der Waals surface area contributed by atoms with Crippen molar-refractivity contribution in [2.24, 2.45) is 0 Å². The Balaban J connectivity index is 0.000000306. The van der Waals surface area contributed by atoms with Crippen molar-refractivity contribution in [3.05, 3.63) is 285 Å². The molecule has 0 unspecified atom stereocenters. The van der Waals surface area contributed by atoms with Crippen LogP contribution >= 0.6 is 0 Å². The molecule has 4 amide bonds. The monoisotopic (exact) mass is 1950 g/mol. The second-order valence-electron chi connectivity index (χ2n) is 36.9. The number of ether oxygens (including phenoxy) is 19. The molecule has 11 aromatic rings. The Morgan fingerprint density at radius 1 is 0.296 bits per heavy atom. The third-order valence-corrected chi connectivity index (χ3v) is 24.0. The number of nitrogens with zero attached hydrogens (tertiary/aromatic N) is 3. The number of rotatable bonds is 33. The summed E-state index contributed by atoms with van der Waals surface area (Å²) in [6.45, 7) is 29.5. The molecule has 3 aliphatic rings. The number of hydrogen-bond donors (Lipinski definition) is 0. The topological polar surface area (TPSA) is 314 Å². The SMILES string of the molecule is CC(C)(C)c1ccc(C(c2ccc(OC(=O)CCC(=O)OCCOCCOCCOCCN3C(=O)c4ccc5c6c(ccc(c46)C3=O)C(=O)N(CCOCCOCCOCCOC(=O)c3cccnc3)C5=O)cc2)(c2ccc(C(C)(C)C)cc2)c2ccc(C(C)(C)C)cc2)cc1.c1cc2c3cccc(c3c1)OCCOCCOCCOCCOc1cccc3c(cccc13)OCCOCCOCCOCCO2. The predicted octanol–water partition coefficient (Wildman–Crippen LogP) is 16.9. The average molecular weight is 1950 g/mol. The molecule has 4 heterocycles. The van der Waals surface area contributed by atoms with E-state index < -0.39 is 47.0 Å². The maximum absolute atomic E-state index is 13.8. The van der Waals surface area contributed by atoms with Crippen molar-refractivity contribution in [3.8, 4) is 28.7 Å². The summed E-state index contributed by atoms with van der Waals surface area (Å²) in [6, 6.07) is 67.5. The smallest absolute Gasteiger partial charge is 0.339 e. The molecule has 0 N–H and O–H groups in total. The average Bonchev–Trinajstić information content (AvgIpc) is 0.719. The number of hydrogen-bond acceptors (Lipinski definition) is 27. The van der Waals surface area contributed by atoms with Gasteiger partial charge in [0, 0.05) is 67.0 Å². The minimum atomic E-state index is -0.741. The summed E-state index contributed by atoms with van der Waals surface area (Å²) in [6.07, 6.45) is 2.64. The molecule has 0 radical (unpaired) electrons. The van der Waals surface area contributed by atoms with Gasteiger partial charge in [-0.05, 0) is 128 Å². The summed E-state index contributed by atoms with van der Waals surface area (Å²) in [4.78, 5) is 98.8. The second kappa shape index (κ2) is 53.6. The van der Waals surface area contributed by atoms with Crippen molar-refractivity contribution in [2.75, 3.05) is 211 Å². The lowest BCUT2D eigenvalue weighted by Crippen LogP contribution is -2.45. The van der Waals surface area contributed by atoms with Crippen molar-refractivity contribution >= 4 is 73.9 Å². The van der Waals surface area contributed by atoms with Gasteiger partial charge in [-0.1, -0.05) is 196 Å². The molecule has 1 aromatic heterocycles. The molecule has 29 heteroatoms. The lowest BCUT2D eigenvalue weighted by atomic mass is 9.64. The van der Waals surface area contributed by atoms with Gasteiger partial charge in [0.15, 0.2) is 0 Å². The van der Waals surface area contributed by atoms with E-state index >= 15 is 0 Å². The van der Waals surface area contributed by atoms with Crippen molar-refractivity contribution < 1.29 is 124 Å². The Labute approximate surface area is 830 Å². The highest BCUT2D eigenvalue weighted by Crippen LogP contribution is 2.48. The normalized spacial score (nSPS) is 14.9. The maximum atomic E-state index is 13.8. The Bertz CT molecular complexity index is 5510. The van der Waals surface area contributed by atoms with E-state index in [2.05, 4.69) is 140 Å². The predicted molar refractivity (Wildman–Crippen MR) is 536 cm³/mol. The zero-order valence-electron chi connectivity index (χ0n) is 82.8. The number of pyridine rings is 1. The molecule has 0 saturated heterocycles. The van der Waals surface area contributed by atoms with Gasteiger partial charge in [0.05, 0.1) is 195 Å². The minimum Gasteiger partial charge on any atom is -0.491 e. The lowest BCUT2D eigenvalue weighted by Gasteiger charge is -2.38. The van der Waals surface area contributed by atoms with Gasteiger partial charge in [0.1, 0.15) is 68.4 Å². The second-order valence-corrected chi connectivity index (χ2v) is 36.9. The van der Waals surface area contributed by atoms with Crippen LogP contribution in [0.4, 0.5) is 0 Å². The van der Waals surface area contributed by atoms with Gasteiger partial charge in [-0.15, -0.1) is 0 Å². The van der Waals surface area contributed by atoms with Gasteiger partial charge >= 0.3 is 17.9 Å². The van der Waals surface area contributed by atoms with Crippen LogP contribution in [0.25, 0.3) is 32.3 Å². The Morgan fingerprint density at radius 2 is 0.570 bits per heavy atom. The molecule has 0 aliphatic carbocycles. The lowest BCUT2D eigenvalue weighted by molar-refractivity contribution is -0.148. The van der Waals surface area contributed by atoms with Crippen LogP contribution in [0, 0.1) is 0 Å². The molecule has 3 aliphatic heterocycles. The van der Waals surface area contributed by atoms with E-state index in [0.29, 0.717) is 117 Å². The highest BCUT2D eigenvalue weighted by molar-refractivity contribution is 6.33. The first-order valence-corrected chi connectivity index (χ1v) is 48.5. The van der Waals surface area contributed by atoms with Gasteiger partial charge < -0.3 is 90.0 Å². The molecule has 29 nitrogen and oxygen atoms in total. The van der Waals surface area contributed by atoms with Crippen LogP contribution in [0.1, 0.15) is 166 Å². The van der Waals surface area contributed by atoms with Gasteiger partial charge in [-0.25, -0.2) is 4.79 Å². The Kier molecular flexibility index (Phi) is 40.3. The molecule has 754 valence electrons. The molecule has 10 aromatic carbocycles. The number of imide groups is 2.